The first-order valence-electron chi connectivity index (χ1n) is 10.8. The number of allylic oxidation sites excluding steroid dienone is 2. The summed E-state index contributed by atoms with van der Waals surface area (Å²) in [6.07, 6.45) is 8.72. The highest BCUT2D eigenvalue weighted by Crippen LogP contribution is 2.41. The second-order valence-corrected chi connectivity index (χ2v) is 8.33. The van der Waals surface area contributed by atoms with Crippen LogP contribution in [0.3, 0.4) is 0 Å². The zero-order valence-corrected chi connectivity index (χ0v) is 18.4. The molecule has 1 unspecified atom stereocenters. The van der Waals surface area contributed by atoms with Gasteiger partial charge in [0.1, 0.15) is 5.75 Å². The number of halogens is 2. The summed E-state index contributed by atoms with van der Waals surface area (Å²) in [5.41, 5.74) is 4.88. The lowest BCUT2D eigenvalue weighted by molar-refractivity contribution is -0.125. The molecule has 0 spiro atoms. The molecule has 1 amide bonds. The van der Waals surface area contributed by atoms with Crippen molar-refractivity contribution in [3.63, 3.8) is 0 Å². The number of hydrogen-bond acceptors (Lipinski definition) is 3. The first-order chi connectivity index (χ1) is 15.9. The molecule has 2 aromatic carbocycles. The van der Waals surface area contributed by atoms with Gasteiger partial charge in [0.25, 0.3) is 5.91 Å². The fourth-order valence-electron chi connectivity index (χ4n) is 4.61. The minimum absolute atomic E-state index is 0.0501. The van der Waals surface area contributed by atoms with Crippen molar-refractivity contribution in [1.29, 1.82) is 0 Å². The van der Waals surface area contributed by atoms with Crippen LogP contribution in [0.1, 0.15) is 35.6 Å². The quantitative estimate of drug-likeness (QED) is 0.520. The van der Waals surface area contributed by atoms with Crippen molar-refractivity contribution in [3.05, 3.63) is 94.7 Å². The summed E-state index contributed by atoms with van der Waals surface area (Å²) in [6.45, 7) is 2.47. The number of imidazole rings is 1. The van der Waals surface area contributed by atoms with Crippen LogP contribution in [0, 0.1) is 18.6 Å². The van der Waals surface area contributed by atoms with Gasteiger partial charge in [-0.25, -0.2) is 13.8 Å². The number of hydrogen-bond donors (Lipinski definition) is 0. The van der Waals surface area contributed by atoms with E-state index in [2.05, 4.69) is 4.98 Å². The molecular formula is C26H23F2N3O2. The molecule has 1 atom stereocenters. The van der Waals surface area contributed by atoms with Crippen molar-refractivity contribution < 1.29 is 18.3 Å². The van der Waals surface area contributed by atoms with Crippen molar-refractivity contribution in [2.45, 2.75) is 25.7 Å². The summed E-state index contributed by atoms with van der Waals surface area (Å²) in [5, 5.41) is 0. The maximum atomic E-state index is 13.7. The Bertz CT molecular complexity index is 1310. The van der Waals surface area contributed by atoms with E-state index in [9.17, 15) is 13.6 Å². The standard InChI is InChI=1S/C26H23F2N3O2/c1-16-14-30(15-29-16)24-7-3-17(12-25(24)33-2)11-19-5-8-23-20(9-10-31(23)26(19)32)18-4-6-21(27)22(28)13-18/h3-4,6-8,11-15,20H,5,9-10H2,1-2H3. The molecule has 5 nitrogen and oxygen atoms in total. The molecule has 2 aliphatic heterocycles. The number of carbonyl (C=O) groups excluding carboxylic acids is 1. The Morgan fingerprint density at radius 2 is 2.00 bits per heavy atom. The molecular weight excluding hydrogens is 424 g/mol. The minimum Gasteiger partial charge on any atom is -0.495 e. The van der Waals surface area contributed by atoms with Gasteiger partial charge in [0.05, 0.1) is 24.8 Å². The molecule has 1 saturated heterocycles. The Morgan fingerprint density at radius 3 is 2.73 bits per heavy atom. The van der Waals surface area contributed by atoms with Crippen LogP contribution in [0.25, 0.3) is 11.8 Å². The number of carbonyl (C=O) groups is 1. The van der Waals surface area contributed by atoms with E-state index in [4.69, 9.17) is 4.74 Å². The molecule has 0 N–H and O–H groups in total. The van der Waals surface area contributed by atoms with Gasteiger partial charge in [0.15, 0.2) is 11.6 Å². The van der Waals surface area contributed by atoms with Crippen molar-refractivity contribution in [2.24, 2.45) is 0 Å². The normalized spacial score (nSPS) is 19.1. The second-order valence-electron chi connectivity index (χ2n) is 8.33. The van der Waals surface area contributed by atoms with Crippen LogP contribution in [0.2, 0.25) is 0 Å². The van der Waals surface area contributed by atoms with Gasteiger partial charge >= 0.3 is 0 Å². The Kier molecular flexibility index (Phi) is 5.32. The predicted molar refractivity (Wildman–Crippen MR) is 121 cm³/mol. The van der Waals surface area contributed by atoms with E-state index in [0.717, 1.165) is 28.7 Å². The van der Waals surface area contributed by atoms with E-state index in [0.29, 0.717) is 36.3 Å². The van der Waals surface area contributed by atoms with Gasteiger partial charge in [-0.2, -0.15) is 0 Å². The third-order valence-corrected chi connectivity index (χ3v) is 6.24. The first-order valence-corrected chi connectivity index (χ1v) is 10.8. The van der Waals surface area contributed by atoms with Gasteiger partial charge in [-0.15, -0.1) is 0 Å². The van der Waals surface area contributed by atoms with Gasteiger partial charge in [-0.3, -0.25) is 4.79 Å². The highest BCUT2D eigenvalue weighted by molar-refractivity contribution is 6.00. The Balaban J connectivity index is 1.42. The number of rotatable bonds is 4. The van der Waals surface area contributed by atoms with Gasteiger partial charge < -0.3 is 14.2 Å². The number of nitrogens with zero attached hydrogens (tertiary/aromatic N) is 3. The number of methoxy groups -OCH3 is 1. The molecule has 3 aromatic rings. The van der Waals surface area contributed by atoms with E-state index in [1.807, 2.05) is 48.0 Å². The zero-order chi connectivity index (χ0) is 23.1. The summed E-state index contributed by atoms with van der Waals surface area (Å²) in [4.78, 5) is 19.2. The van der Waals surface area contributed by atoms with Crippen molar-refractivity contribution in [1.82, 2.24) is 14.5 Å². The van der Waals surface area contributed by atoms with Crippen molar-refractivity contribution in [3.8, 4) is 11.4 Å². The first kappa shape index (κ1) is 21.1. The molecule has 0 aliphatic carbocycles. The van der Waals surface area contributed by atoms with E-state index < -0.39 is 11.6 Å². The van der Waals surface area contributed by atoms with E-state index in [1.54, 1.807) is 24.4 Å². The molecule has 0 bridgehead atoms. The summed E-state index contributed by atoms with van der Waals surface area (Å²) in [7, 11) is 1.61. The summed E-state index contributed by atoms with van der Waals surface area (Å²) in [5.74, 6) is -1.20. The van der Waals surface area contributed by atoms with Gasteiger partial charge in [-0.05, 0) is 61.2 Å². The average Bonchev–Trinajstić information content (AvgIpc) is 3.44. The Labute approximate surface area is 190 Å². The highest BCUT2D eigenvalue weighted by atomic mass is 19.2. The van der Waals surface area contributed by atoms with Crippen LogP contribution in [-0.4, -0.2) is 34.0 Å². The monoisotopic (exact) mass is 447 g/mol. The number of fused-ring (bicyclic) bond motifs is 1. The third-order valence-electron chi connectivity index (χ3n) is 6.24. The van der Waals surface area contributed by atoms with E-state index in [-0.39, 0.29) is 11.8 Å². The van der Waals surface area contributed by atoms with Crippen LogP contribution in [0.15, 0.2) is 66.3 Å². The Morgan fingerprint density at radius 1 is 1.15 bits per heavy atom. The molecule has 7 heteroatoms. The predicted octanol–water partition coefficient (Wildman–Crippen LogP) is 5.15. The molecule has 3 heterocycles. The molecule has 0 saturated carbocycles. The molecule has 168 valence electrons. The number of ether oxygens (including phenoxy) is 1. The molecule has 1 aromatic heterocycles. The molecule has 1 fully saturated rings. The summed E-state index contributed by atoms with van der Waals surface area (Å²) < 4.78 is 34.5. The van der Waals surface area contributed by atoms with Crippen LogP contribution >= 0.6 is 0 Å². The number of aromatic nitrogens is 2. The highest BCUT2D eigenvalue weighted by Gasteiger charge is 2.36. The molecule has 0 radical (unpaired) electrons. The van der Waals surface area contributed by atoms with Crippen molar-refractivity contribution >= 4 is 12.0 Å². The van der Waals surface area contributed by atoms with E-state index in [1.165, 1.54) is 6.07 Å². The maximum Gasteiger partial charge on any atom is 0.254 e. The van der Waals surface area contributed by atoms with Crippen LogP contribution in [0.4, 0.5) is 8.78 Å². The van der Waals surface area contributed by atoms with Gasteiger partial charge in [0, 0.05) is 29.9 Å². The van der Waals surface area contributed by atoms with Gasteiger partial charge in [0.2, 0.25) is 0 Å². The fraction of sp³-hybridized carbons (Fsp3) is 0.231. The topological polar surface area (TPSA) is 47.4 Å². The minimum atomic E-state index is -0.864. The lowest BCUT2D eigenvalue weighted by Gasteiger charge is -2.26. The summed E-state index contributed by atoms with van der Waals surface area (Å²) >= 11 is 0. The van der Waals surface area contributed by atoms with Crippen LogP contribution in [-0.2, 0) is 4.79 Å². The second kappa shape index (κ2) is 8.31. The fourth-order valence-corrected chi connectivity index (χ4v) is 4.61. The number of aryl methyl sites for hydroxylation is 1. The molecule has 2 aliphatic rings. The lowest BCUT2D eigenvalue weighted by Crippen LogP contribution is -2.31. The largest absolute Gasteiger partial charge is 0.495 e. The SMILES string of the molecule is COc1cc(C=C2CC=C3C(c4ccc(F)c(F)c4)CCN3C2=O)ccc1-n1cnc(C)c1. The maximum absolute atomic E-state index is 13.7. The van der Waals surface area contributed by atoms with Crippen molar-refractivity contribution in [2.75, 3.05) is 13.7 Å². The number of amides is 1. The third kappa shape index (κ3) is 3.84. The zero-order valence-electron chi connectivity index (χ0n) is 18.4. The molecule has 33 heavy (non-hydrogen) atoms. The van der Waals surface area contributed by atoms with Gasteiger partial charge in [-0.1, -0.05) is 18.2 Å². The smallest absolute Gasteiger partial charge is 0.254 e. The molecule has 5 rings (SSSR count). The Hall–Kier alpha value is -3.74. The lowest BCUT2D eigenvalue weighted by atomic mass is 9.92. The number of benzene rings is 2. The van der Waals surface area contributed by atoms with Crippen LogP contribution < -0.4 is 4.74 Å². The average molecular weight is 447 g/mol. The van der Waals surface area contributed by atoms with Crippen LogP contribution in [0.5, 0.6) is 5.75 Å². The van der Waals surface area contributed by atoms with E-state index >= 15 is 0 Å². The summed E-state index contributed by atoms with van der Waals surface area (Å²) in [6, 6.07) is 9.76.